The van der Waals surface area contributed by atoms with E-state index in [0.29, 0.717) is 34.7 Å². The summed E-state index contributed by atoms with van der Waals surface area (Å²) in [6.07, 6.45) is 1.99. The molecule has 0 saturated carbocycles. The van der Waals surface area contributed by atoms with Crippen molar-refractivity contribution < 1.29 is 40.1 Å². The molecule has 0 bridgehead atoms. The highest BCUT2D eigenvalue weighted by molar-refractivity contribution is 7.89. The van der Waals surface area contributed by atoms with E-state index in [-0.39, 0.29) is 21.2 Å². The lowest BCUT2D eigenvalue weighted by Gasteiger charge is -2.00. The molecule has 3 amide bonds. The van der Waals surface area contributed by atoms with E-state index in [4.69, 9.17) is 19.1 Å². The molecule has 1 aliphatic rings. The van der Waals surface area contributed by atoms with E-state index in [9.17, 15) is 31.2 Å². The molecule has 206 valence electrons. The normalized spacial score (nSPS) is 14.3. The second-order valence-electron chi connectivity index (χ2n) is 8.13. The average molecular weight is 585 g/mol. The second kappa shape index (κ2) is 11.1. The molecule has 1 aliphatic heterocycles. The number of carbonyl (C=O) groups excluding carboxylic acids is 3. The maximum Gasteiger partial charge on any atom is 0.326 e. The van der Waals surface area contributed by atoms with Crippen molar-refractivity contribution in [2.24, 2.45) is 10.3 Å². The fraction of sp³-hybridized carbons (Fsp3) is 0. The van der Waals surface area contributed by atoms with Gasteiger partial charge in [-0.3, -0.25) is 14.9 Å². The Morgan fingerprint density at radius 2 is 1.07 bits per heavy atom. The molecule has 0 radical (unpaired) electrons. The summed E-state index contributed by atoms with van der Waals surface area (Å²) in [5.41, 5.74) is 1.40. The first-order valence-electron chi connectivity index (χ1n) is 11.1. The molecule has 6 N–H and O–H groups in total. The van der Waals surface area contributed by atoms with Crippen molar-refractivity contribution in [2.45, 2.75) is 9.79 Å². The van der Waals surface area contributed by atoms with Gasteiger partial charge in [-0.25, -0.2) is 31.9 Å². The number of sulfonamides is 2. The SMILES string of the molecule is NS(=O)(=O)c1ccc(-c2ccc(/C=C3\NC(=O)NC3=O)o2)cc1.NS(=O)(=O)c1ccc(-c2ccc(C=O)o2)cc1. The summed E-state index contributed by atoms with van der Waals surface area (Å²) >= 11 is 0. The van der Waals surface area contributed by atoms with Gasteiger partial charge < -0.3 is 14.2 Å². The van der Waals surface area contributed by atoms with Crippen LogP contribution in [0.4, 0.5) is 4.79 Å². The zero-order valence-corrected chi connectivity index (χ0v) is 21.9. The Balaban J connectivity index is 0.000000194. The van der Waals surface area contributed by atoms with Gasteiger partial charge in [0.05, 0.1) is 9.79 Å². The molecule has 2 aromatic carbocycles. The first-order valence-corrected chi connectivity index (χ1v) is 14.2. The number of hydrogen-bond donors (Lipinski definition) is 4. The van der Waals surface area contributed by atoms with Gasteiger partial charge in [-0.2, -0.15) is 0 Å². The maximum atomic E-state index is 11.4. The van der Waals surface area contributed by atoms with Crippen LogP contribution in [0, 0.1) is 0 Å². The number of hydrogen-bond acceptors (Lipinski definition) is 9. The van der Waals surface area contributed by atoms with Crippen molar-refractivity contribution in [3.63, 3.8) is 0 Å². The topological polar surface area (TPSA) is 222 Å². The molecule has 40 heavy (non-hydrogen) atoms. The summed E-state index contributed by atoms with van der Waals surface area (Å²) in [6, 6.07) is 17.6. The van der Waals surface area contributed by atoms with E-state index < -0.39 is 32.0 Å². The Morgan fingerprint density at radius 3 is 1.45 bits per heavy atom. The number of carbonyl (C=O) groups is 3. The summed E-state index contributed by atoms with van der Waals surface area (Å²) in [5.74, 6) is 1.01. The summed E-state index contributed by atoms with van der Waals surface area (Å²) in [7, 11) is -7.44. The van der Waals surface area contributed by atoms with Crippen LogP contribution in [0.2, 0.25) is 0 Å². The quantitative estimate of drug-likeness (QED) is 0.148. The lowest BCUT2D eigenvalue weighted by Crippen LogP contribution is -2.22. The van der Waals surface area contributed by atoms with Gasteiger partial charge in [0, 0.05) is 17.2 Å². The minimum atomic E-state index is -3.75. The molecule has 5 rings (SSSR count). The Hall–Kier alpha value is -4.83. The van der Waals surface area contributed by atoms with Gasteiger partial charge in [-0.05, 0) is 72.8 Å². The van der Waals surface area contributed by atoms with Gasteiger partial charge in [-0.15, -0.1) is 0 Å². The molecule has 13 nitrogen and oxygen atoms in total. The Morgan fingerprint density at radius 1 is 0.625 bits per heavy atom. The predicted molar refractivity (Wildman–Crippen MR) is 141 cm³/mol. The summed E-state index contributed by atoms with van der Waals surface area (Å²) < 4.78 is 55.2. The van der Waals surface area contributed by atoms with E-state index >= 15 is 0 Å². The zero-order chi connectivity index (χ0) is 29.1. The average Bonchev–Trinajstić information content (AvgIpc) is 3.64. The maximum absolute atomic E-state index is 11.4. The van der Waals surface area contributed by atoms with Crippen LogP contribution in [0.15, 0.2) is 97.1 Å². The number of furan rings is 2. The third-order valence-corrected chi connectivity index (χ3v) is 7.17. The van der Waals surface area contributed by atoms with Crippen LogP contribution in [-0.2, 0) is 24.8 Å². The molecule has 0 atom stereocenters. The molecule has 15 heteroatoms. The van der Waals surface area contributed by atoms with E-state index in [1.807, 2.05) is 0 Å². The molecule has 1 saturated heterocycles. The zero-order valence-electron chi connectivity index (χ0n) is 20.2. The van der Waals surface area contributed by atoms with Crippen molar-refractivity contribution in [1.82, 2.24) is 10.6 Å². The largest absolute Gasteiger partial charge is 0.457 e. The van der Waals surface area contributed by atoms with Crippen LogP contribution in [0.3, 0.4) is 0 Å². The van der Waals surface area contributed by atoms with Gasteiger partial charge in [-0.1, -0.05) is 0 Å². The van der Waals surface area contributed by atoms with E-state index in [1.54, 1.807) is 42.5 Å². The van der Waals surface area contributed by atoms with Gasteiger partial charge in [0.1, 0.15) is 23.0 Å². The smallest absolute Gasteiger partial charge is 0.326 e. The summed E-state index contributed by atoms with van der Waals surface area (Å²) in [5, 5.41) is 14.4. The minimum absolute atomic E-state index is 0.000451. The van der Waals surface area contributed by atoms with Crippen LogP contribution < -0.4 is 20.9 Å². The molecule has 0 unspecified atom stereocenters. The third-order valence-electron chi connectivity index (χ3n) is 5.31. The molecular formula is C25H20N4O9S2. The number of nitrogens with one attached hydrogen (secondary N) is 2. The minimum Gasteiger partial charge on any atom is -0.457 e. The number of amides is 3. The number of primary sulfonamides is 2. The van der Waals surface area contributed by atoms with Gasteiger partial charge in [0.15, 0.2) is 12.0 Å². The lowest BCUT2D eigenvalue weighted by atomic mass is 10.2. The standard InChI is InChI=1S/C14H11N3O5S.C11H9NO4S/c15-23(20,21)10-4-1-8(2-5-10)12-6-3-9(22-12)7-11-13(18)17-14(19)16-11;12-17(14,15)10-4-1-8(2-5-10)11-6-3-9(7-13)16-11/h1-7H,(H2,15,20,21)(H2,16,17,18,19);1-7H,(H2,12,14,15)/b11-7-;. The monoisotopic (exact) mass is 584 g/mol. The van der Waals surface area contributed by atoms with Crippen molar-refractivity contribution >= 4 is 44.3 Å². The number of nitrogens with two attached hydrogens (primary N) is 2. The number of rotatable bonds is 6. The Labute approximate surface area is 227 Å². The molecule has 0 aliphatic carbocycles. The van der Waals surface area contributed by atoms with Crippen LogP contribution in [0.5, 0.6) is 0 Å². The van der Waals surface area contributed by atoms with Crippen molar-refractivity contribution in [1.29, 1.82) is 0 Å². The highest BCUT2D eigenvalue weighted by Gasteiger charge is 2.23. The van der Waals surface area contributed by atoms with Gasteiger partial charge in [0.25, 0.3) is 5.91 Å². The highest BCUT2D eigenvalue weighted by Crippen LogP contribution is 2.25. The predicted octanol–water partition coefficient (Wildman–Crippen LogP) is 2.18. The lowest BCUT2D eigenvalue weighted by molar-refractivity contribution is -0.115. The fourth-order valence-electron chi connectivity index (χ4n) is 3.40. The first-order chi connectivity index (χ1) is 18.8. The number of benzene rings is 2. The molecule has 4 aromatic rings. The van der Waals surface area contributed by atoms with E-state index in [0.717, 1.165) is 0 Å². The Kier molecular flexibility index (Phi) is 7.83. The van der Waals surface area contributed by atoms with Crippen LogP contribution in [0.1, 0.15) is 16.3 Å². The van der Waals surface area contributed by atoms with Gasteiger partial charge >= 0.3 is 6.03 Å². The Bertz CT molecular complexity index is 1840. The van der Waals surface area contributed by atoms with Gasteiger partial charge in [0.2, 0.25) is 20.0 Å². The second-order valence-corrected chi connectivity index (χ2v) is 11.2. The van der Waals surface area contributed by atoms with Crippen molar-refractivity contribution in [3.05, 3.63) is 90.0 Å². The number of aldehydes is 1. The number of imide groups is 1. The van der Waals surface area contributed by atoms with Crippen LogP contribution >= 0.6 is 0 Å². The third kappa shape index (κ3) is 6.78. The van der Waals surface area contributed by atoms with E-state index in [1.165, 1.54) is 36.4 Å². The van der Waals surface area contributed by atoms with Crippen molar-refractivity contribution in [3.8, 4) is 22.6 Å². The number of urea groups is 1. The molecule has 3 heterocycles. The van der Waals surface area contributed by atoms with E-state index in [2.05, 4.69) is 10.6 Å². The molecule has 2 aromatic heterocycles. The molecule has 1 fully saturated rings. The van der Waals surface area contributed by atoms with Crippen molar-refractivity contribution in [2.75, 3.05) is 0 Å². The summed E-state index contributed by atoms with van der Waals surface area (Å²) in [6.45, 7) is 0. The molecular weight excluding hydrogens is 564 g/mol. The molecule has 0 spiro atoms. The fourth-order valence-corrected chi connectivity index (χ4v) is 4.43. The summed E-state index contributed by atoms with van der Waals surface area (Å²) in [4.78, 5) is 32.9. The highest BCUT2D eigenvalue weighted by atomic mass is 32.2. The van der Waals surface area contributed by atoms with Crippen LogP contribution in [-0.4, -0.2) is 35.1 Å². The van der Waals surface area contributed by atoms with Crippen LogP contribution in [0.25, 0.3) is 28.7 Å². The first kappa shape index (κ1) is 28.2.